The molecule has 3 aliphatic rings. The predicted octanol–water partition coefficient (Wildman–Crippen LogP) is 0.397. The van der Waals surface area contributed by atoms with Crippen LogP contribution in [0, 0.1) is 11.3 Å². The number of nitrogens with zero attached hydrogens (tertiary/aromatic N) is 5. The van der Waals surface area contributed by atoms with Crippen LogP contribution in [-0.2, 0) is 21.2 Å². The molecule has 0 spiro atoms. The minimum Gasteiger partial charge on any atom is -0.339 e. The van der Waals surface area contributed by atoms with Crippen LogP contribution in [0.15, 0.2) is 24.3 Å². The second kappa shape index (κ2) is 10.3. The Kier molecular flexibility index (Phi) is 7.46. The normalized spacial score (nSPS) is 25.3. The van der Waals surface area contributed by atoms with Gasteiger partial charge in [0.1, 0.15) is 0 Å². The van der Waals surface area contributed by atoms with Gasteiger partial charge in [0, 0.05) is 51.9 Å². The van der Waals surface area contributed by atoms with Gasteiger partial charge in [-0.3, -0.25) is 19.5 Å². The SMILES string of the molecule is N#Cc1ccc(CN2CCCN(CC(=O)N3CCN([C@@H]4CCS(=O)(=O)C4)CC3)CC2)cc1. The molecule has 0 aromatic heterocycles. The fourth-order valence-electron chi connectivity index (χ4n) is 4.97. The van der Waals surface area contributed by atoms with Crippen molar-refractivity contribution in [2.75, 3.05) is 70.4 Å². The number of piperazine rings is 1. The van der Waals surface area contributed by atoms with Crippen LogP contribution in [-0.4, -0.2) is 110 Å². The molecule has 3 aliphatic heterocycles. The lowest BCUT2D eigenvalue weighted by atomic mass is 10.1. The third-order valence-electron chi connectivity index (χ3n) is 6.92. The van der Waals surface area contributed by atoms with E-state index in [1.165, 1.54) is 5.56 Å². The van der Waals surface area contributed by atoms with Crippen molar-refractivity contribution in [1.29, 1.82) is 5.26 Å². The molecule has 1 aromatic carbocycles. The second-order valence-corrected chi connectivity index (χ2v) is 11.4. The van der Waals surface area contributed by atoms with Crippen molar-refractivity contribution in [3.05, 3.63) is 35.4 Å². The van der Waals surface area contributed by atoms with Gasteiger partial charge in [-0.2, -0.15) is 5.26 Å². The molecule has 3 saturated heterocycles. The van der Waals surface area contributed by atoms with Gasteiger partial charge in [-0.25, -0.2) is 8.42 Å². The molecule has 0 radical (unpaired) electrons. The summed E-state index contributed by atoms with van der Waals surface area (Å²) in [6.45, 7) is 7.98. The first-order chi connectivity index (χ1) is 15.4. The molecule has 0 aliphatic carbocycles. The fourth-order valence-corrected chi connectivity index (χ4v) is 6.74. The molecule has 1 atom stereocenters. The highest BCUT2D eigenvalue weighted by Crippen LogP contribution is 2.19. The number of carbonyl (C=O) groups excluding carboxylic acids is 1. The highest BCUT2D eigenvalue weighted by Gasteiger charge is 2.34. The van der Waals surface area contributed by atoms with Crippen LogP contribution in [0.2, 0.25) is 0 Å². The maximum absolute atomic E-state index is 12.9. The van der Waals surface area contributed by atoms with Crippen molar-refractivity contribution in [2.24, 2.45) is 0 Å². The summed E-state index contributed by atoms with van der Waals surface area (Å²) < 4.78 is 23.5. The summed E-state index contributed by atoms with van der Waals surface area (Å²) in [5.74, 6) is 0.756. The van der Waals surface area contributed by atoms with E-state index in [1.54, 1.807) is 0 Å². The molecule has 8 nitrogen and oxygen atoms in total. The van der Waals surface area contributed by atoms with Crippen molar-refractivity contribution in [2.45, 2.75) is 25.4 Å². The summed E-state index contributed by atoms with van der Waals surface area (Å²) in [7, 11) is -2.87. The van der Waals surface area contributed by atoms with Gasteiger partial charge in [-0.05, 0) is 43.6 Å². The quantitative estimate of drug-likeness (QED) is 0.630. The molecular weight excluding hydrogens is 426 g/mol. The maximum Gasteiger partial charge on any atom is 0.236 e. The van der Waals surface area contributed by atoms with Gasteiger partial charge < -0.3 is 4.90 Å². The van der Waals surface area contributed by atoms with E-state index in [1.807, 2.05) is 29.2 Å². The number of rotatable bonds is 5. The molecule has 3 fully saturated rings. The molecule has 0 saturated carbocycles. The number of carbonyl (C=O) groups is 1. The van der Waals surface area contributed by atoms with Crippen LogP contribution in [0.25, 0.3) is 0 Å². The molecule has 1 aromatic rings. The Morgan fingerprint density at radius 2 is 1.66 bits per heavy atom. The van der Waals surface area contributed by atoms with E-state index in [-0.39, 0.29) is 17.7 Å². The zero-order valence-corrected chi connectivity index (χ0v) is 19.5. The van der Waals surface area contributed by atoms with E-state index < -0.39 is 9.84 Å². The monoisotopic (exact) mass is 459 g/mol. The Hall–Kier alpha value is -1.99. The van der Waals surface area contributed by atoms with E-state index in [4.69, 9.17) is 5.26 Å². The number of hydrogen-bond acceptors (Lipinski definition) is 7. The molecule has 174 valence electrons. The van der Waals surface area contributed by atoms with E-state index in [0.717, 1.165) is 58.7 Å². The third-order valence-corrected chi connectivity index (χ3v) is 8.67. The van der Waals surface area contributed by atoms with Crippen molar-refractivity contribution in [1.82, 2.24) is 19.6 Å². The van der Waals surface area contributed by atoms with Gasteiger partial charge in [0.05, 0.1) is 29.7 Å². The Balaban J connectivity index is 1.20. The minimum atomic E-state index is -2.87. The Labute approximate surface area is 191 Å². The van der Waals surface area contributed by atoms with E-state index >= 15 is 0 Å². The van der Waals surface area contributed by atoms with Gasteiger partial charge >= 0.3 is 0 Å². The number of hydrogen-bond donors (Lipinski definition) is 0. The Morgan fingerprint density at radius 3 is 2.31 bits per heavy atom. The smallest absolute Gasteiger partial charge is 0.236 e. The Morgan fingerprint density at radius 1 is 0.969 bits per heavy atom. The summed E-state index contributed by atoms with van der Waals surface area (Å²) in [5, 5.41) is 8.94. The second-order valence-electron chi connectivity index (χ2n) is 9.19. The van der Waals surface area contributed by atoms with Crippen LogP contribution >= 0.6 is 0 Å². The van der Waals surface area contributed by atoms with Gasteiger partial charge in [0.2, 0.25) is 5.91 Å². The maximum atomic E-state index is 12.9. The van der Waals surface area contributed by atoms with Gasteiger partial charge in [0.15, 0.2) is 9.84 Å². The van der Waals surface area contributed by atoms with Crippen LogP contribution in [0.3, 0.4) is 0 Å². The lowest BCUT2D eigenvalue weighted by molar-refractivity contribution is -0.134. The molecular formula is C23H33N5O3S. The fraction of sp³-hybridized carbons (Fsp3) is 0.652. The average Bonchev–Trinajstić information content (AvgIpc) is 3.02. The average molecular weight is 460 g/mol. The van der Waals surface area contributed by atoms with Crippen molar-refractivity contribution < 1.29 is 13.2 Å². The first kappa shape index (κ1) is 23.2. The molecule has 0 unspecified atom stereocenters. The first-order valence-corrected chi connectivity index (χ1v) is 13.4. The summed E-state index contributed by atoms with van der Waals surface area (Å²) >= 11 is 0. The van der Waals surface area contributed by atoms with Crippen molar-refractivity contribution in [3.63, 3.8) is 0 Å². The zero-order valence-electron chi connectivity index (χ0n) is 18.7. The summed E-state index contributed by atoms with van der Waals surface area (Å²) in [5.41, 5.74) is 1.89. The van der Waals surface area contributed by atoms with Gasteiger partial charge in [-0.1, -0.05) is 12.1 Å². The van der Waals surface area contributed by atoms with E-state index in [0.29, 0.717) is 31.0 Å². The summed E-state index contributed by atoms with van der Waals surface area (Å²) in [6, 6.07) is 10.1. The van der Waals surface area contributed by atoms with Gasteiger partial charge in [0.25, 0.3) is 0 Å². The summed E-state index contributed by atoms with van der Waals surface area (Å²) in [4.78, 5) is 21.7. The van der Waals surface area contributed by atoms with E-state index in [2.05, 4.69) is 20.8 Å². The van der Waals surface area contributed by atoms with Crippen LogP contribution in [0.1, 0.15) is 24.0 Å². The molecule has 3 heterocycles. The van der Waals surface area contributed by atoms with Crippen LogP contribution in [0.5, 0.6) is 0 Å². The lowest BCUT2D eigenvalue weighted by Crippen LogP contribution is -2.54. The lowest BCUT2D eigenvalue weighted by Gasteiger charge is -2.38. The molecule has 1 amide bonds. The number of sulfone groups is 1. The number of benzene rings is 1. The molecule has 0 N–H and O–H groups in total. The van der Waals surface area contributed by atoms with Crippen molar-refractivity contribution in [3.8, 4) is 6.07 Å². The first-order valence-electron chi connectivity index (χ1n) is 11.6. The molecule has 0 bridgehead atoms. The predicted molar refractivity (Wildman–Crippen MR) is 123 cm³/mol. The highest BCUT2D eigenvalue weighted by molar-refractivity contribution is 7.91. The van der Waals surface area contributed by atoms with Crippen LogP contribution in [0.4, 0.5) is 0 Å². The Bertz CT molecular complexity index is 935. The standard InChI is InChI=1S/C23H33N5O3S/c24-16-20-2-4-21(5-3-20)17-25-7-1-8-26(10-9-25)18-23(29)28-13-11-27(12-14-28)22-6-15-32(30,31)19-22/h2-5,22H,1,6-15,17-19H2/t22-/m1/s1. The number of amides is 1. The molecule has 32 heavy (non-hydrogen) atoms. The van der Waals surface area contributed by atoms with E-state index in [9.17, 15) is 13.2 Å². The van der Waals surface area contributed by atoms with Crippen molar-refractivity contribution >= 4 is 15.7 Å². The largest absolute Gasteiger partial charge is 0.339 e. The molecule has 9 heteroatoms. The zero-order chi connectivity index (χ0) is 22.6. The van der Waals surface area contributed by atoms with Crippen LogP contribution < -0.4 is 0 Å². The third kappa shape index (κ3) is 6.07. The highest BCUT2D eigenvalue weighted by atomic mass is 32.2. The topological polar surface area (TPSA) is 88.0 Å². The van der Waals surface area contributed by atoms with Gasteiger partial charge in [-0.15, -0.1) is 0 Å². The summed E-state index contributed by atoms with van der Waals surface area (Å²) in [6.07, 6.45) is 1.76. The molecule has 4 rings (SSSR count). The minimum absolute atomic E-state index is 0.130. The number of nitriles is 1.